The molecule has 0 spiro atoms. The van der Waals surface area contributed by atoms with Crippen LogP contribution in [0, 0.1) is 5.92 Å². The standard InChI is InChI=1S/C14H21N3O3/c1-10(2)20-13-9-15-8-12(16-13)17-5-3-11(4-6-17)7-14(18)19/h8-11H,3-7H2,1-2H3,(H,18,19). The van der Waals surface area contributed by atoms with Crippen molar-refractivity contribution in [1.82, 2.24) is 9.97 Å². The number of aromatic nitrogens is 2. The van der Waals surface area contributed by atoms with Crippen molar-refractivity contribution < 1.29 is 14.6 Å². The van der Waals surface area contributed by atoms with E-state index in [-0.39, 0.29) is 18.4 Å². The van der Waals surface area contributed by atoms with Crippen molar-refractivity contribution >= 4 is 11.8 Å². The Labute approximate surface area is 118 Å². The number of aliphatic carboxylic acids is 1. The van der Waals surface area contributed by atoms with Crippen molar-refractivity contribution in [3.63, 3.8) is 0 Å². The molecule has 1 aliphatic heterocycles. The van der Waals surface area contributed by atoms with E-state index in [1.807, 2.05) is 13.8 Å². The third-order valence-corrected chi connectivity index (χ3v) is 3.36. The van der Waals surface area contributed by atoms with Crippen LogP contribution in [0.3, 0.4) is 0 Å². The van der Waals surface area contributed by atoms with Crippen LogP contribution < -0.4 is 9.64 Å². The molecule has 0 saturated carbocycles. The van der Waals surface area contributed by atoms with E-state index in [1.165, 1.54) is 0 Å². The molecule has 1 N–H and O–H groups in total. The van der Waals surface area contributed by atoms with E-state index < -0.39 is 5.97 Å². The lowest BCUT2D eigenvalue weighted by Crippen LogP contribution is -2.35. The van der Waals surface area contributed by atoms with Crippen molar-refractivity contribution in [2.24, 2.45) is 5.92 Å². The molecule has 6 nitrogen and oxygen atoms in total. The Balaban J connectivity index is 1.94. The minimum absolute atomic E-state index is 0.0702. The molecular formula is C14H21N3O3. The second-order valence-corrected chi connectivity index (χ2v) is 5.41. The highest BCUT2D eigenvalue weighted by Gasteiger charge is 2.22. The largest absolute Gasteiger partial charge is 0.481 e. The Kier molecular flexibility index (Phi) is 4.76. The first-order valence-corrected chi connectivity index (χ1v) is 7.00. The van der Waals surface area contributed by atoms with Gasteiger partial charge in [0.2, 0.25) is 5.88 Å². The molecule has 0 atom stereocenters. The highest BCUT2D eigenvalue weighted by Crippen LogP contribution is 2.24. The zero-order chi connectivity index (χ0) is 14.5. The maximum absolute atomic E-state index is 10.7. The van der Waals surface area contributed by atoms with Gasteiger partial charge in [0.1, 0.15) is 0 Å². The summed E-state index contributed by atoms with van der Waals surface area (Å²) >= 11 is 0. The smallest absolute Gasteiger partial charge is 0.303 e. The number of carbonyl (C=O) groups is 1. The number of piperidine rings is 1. The van der Waals surface area contributed by atoms with Gasteiger partial charge in [-0.3, -0.25) is 9.78 Å². The maximum Gasteiger partial charge on any atom is 0.303 e. The molecule has 0 amide bonds. The fourth-order valence-electron chi connectivity index (χ4n) is 2.40. The molecule has 1 fully saturated rings. The molecule has 0 bridgehead atoms. The van der Waals surface area contributed by atoms with Crippen LogP contribution in [0.25, 0.3) is 0 Å². The van der Waals surface area contributed by atoms with Gasteiger partial charge < -0.3 is 14.7 Å². The van der Waals surface area contributed by atoms with Gasteiger partial charge in [-0.1, -0.05) is 0 Å². The van der Waals surface area contributed by atoms with Crippen LogP contribution in [-0.2, 0) is 4.79 Å². The van der Waals surface area contributed by atoms with Gasteiger partial charge in [-0.25, -0.2) is 0 Å². The predicted octanol–water partition coefficient (Wildman–Crippen LogP) is 1.95. The first-order chi connectivity index (χ1) is 9.54. The van der Waals surface area contributed by atoms with E-state index in [0.29, 0.717) is 5.88 Å². The molecule has 0 radical (unpaired) electrons. The van der Waals surface area contributed by atoms with Gasteiger partial charge >= 0.3 is 5.97 Å². The van der Waals surface area contributed by atoms with Gasteiger partial charge in [0.15, 0.2) is 5.82 Å². The number of rotatable bonds is 5. The summed E-state index contributed by atoms with van der Waals surface area (Å²) in [6.07, 6.45) is 5.43. The van der Waals surface area contributed by atoms with Gasteiger partial charge in [-0.15, -0.1) is 0 Å². The molecular weight excluding hydrogens is 258 g/mol. The summed E-state index contributed by atoms with van der Waals surface area (Å²) in [4.78, 5) is 21.5. The fraction of sp³-hybridized carbons (Fsp3) is 0.643. The van der Waals surface area contributed by atoms with Gasteiger partial charge in [-0.2, -0.15) is 4.98 Å². The average molecular weight is 279 g/mol. The van der Waals surface area contributed by atoms with E-state index in [1.54, 1.807) is 12.4 Å². The molecule has 0 aromatic carbocycles. The van der Waals surface area contributed by atoms with Crippen LogP contribution in [0.1, 0.15) is 33.1 Å². The zero-order valence-electron chi connectivity index (χ0n) is 12.0. The number of anilines is 1. The number of ether oxygens (including phenoxy) is 1. The Hall–Kier alpha value is -1.85. The topological polar surface area (TPSA) is 75.5 Å². The summed E-state index contributed by atoms with van der Waals surface area (Å²) < 4.78 is 5.54. The van der Waals surface area contributed by atoms with E-state index in [0.717, 1.165) is 31.7 Å². The minimum Gasteiger partial charge on any atom is -0.481 e. The second-order valence-electron chi connectivity index (χ2n) is 5.41. The number of hydrogen-bond donors (Lipinski definition) is 1. The van der Waals surface area contributed by atoms with E-state index in [4.69, 9.17) is 9.84 Å². The van der Waals surface area contributed by atoms with Crippen molar-refractivity contribution in [1.29, 1.82) is 0 Å². The molecule has 2 heterocycles. The zero-order valence-corrected chi connectivity index (χ0v) is 12.0. The van der Waals surface area contributed by atoms with E-state index >= 15 is 0 Å². The van der Waals surface area contributed by atoms with Gasteiger partial charge in [-0.05, 0) is 32.6 Å². The maximum atomic E-state index is 10.7. The molecule has 1 aliphatic rings. The Morgan fingerprint density at radius 3 is 2.75 bits per heavy atom. The monoisotopic (exact) mass is 279 g/mol. The average Bonchev–Trinajstić information content (AvgIpc) is 2.38. The lowest BCUT2D eigenvalue weighted by atomic mass is 9.94. The van der Waals surface area contributed by atoms with Crippen LogP contribution in [0.2, 0.25) is 0 Å². The molecule has 1 aromatic rings. The number of nitrogens with zero attached hydrogens (tertiary/aromatic N) is 3. The van der Waals surface area contributed by atoms with Crippen LogP contribution >= 0.6 is 0 Å². The van der Waals surface area contributed by atoms with Gasteiger partial charge in [0, 0.05) is 19.5 Å². The Morgan fingerprint density at radius 1 is 1.45 bits per heavy atom. The molecule has 6 heteroatoms. The highest BCUT2D eigenvalue weighted by atomic mass is 16.5. The second kappa shape index (κ2) is 6.54. The van der Waals surface area contributed by atoms with Crippen LogP contribution in [0.15, 0.2) is 12.4 Å². The van der Waals surface area contributed by atoms with E-state index in [9.17, 15) is 4.79 Å². The molecule has 0 unspecified atom stereocenters. The summed E-state index contributed by atoms with van der Waals surface area (Å²) in [6.45, 7) is 5.53. The number of carboxylic acid groups (broad SMARTS) is 1. The summed E-state index contributed by atoms with van der Waals surface area (Å²) in [5.74, 6) is 0.893. The summed E-state index contributed by atoms with van der Waals surface area (Å²) in [5.41, 5.74) is 0. The van der Waals surface area contributed by atoms with Crippen molar-refractivity contribution in [3.8, 4) is 5.88 Å². The first-order valence-electron chi connectivity index (χ1n) is 7.00. The lowest BCUT2D eigenvalue weighted by Gasteiger charge is -2.32. The van der Waals surface area contributed by atoms with Gasteiger partial charge in [0.05, 0.1) is 18.5 Å². The first kappa shape index (κ1) is 14.6. The third kappa shape index (κ3) is 4.08. The van der Waals surface area contributed by atoms with Crippen LogP contribution in [0.5, 0.6) is 5.88 Å². The van der Waals surface area contributed by atoms with Crippen LogP contribution in [0.4, 0.5) is 5.82 Å². The Bertz CT molecular complexity index is 457. The van der Waals surface area contributed by atoms with Crippen molar-refractivity contribution in [3.05, 3.63) is 12.4 Å². The number of hydrogen-bond acceptors (Lipinski definition) is 5. The van der Waals surface area contributed by atoms with E-state index in [2.05, 4.69) is 14.9 Å². The molecule has 2 rings (SSSR count). The molecule has 1 aromatic heterocycles. The van der Waals surface area contributed by atoms with Crippen LogP contribution in [-0.4, -0.2) is 40.2 Å². The SMILES string of the molecule is CC(C)Oc1cncc(N2CCC(CC(=O)O)CC2)n1. The number of carboxylic acids is 1. The molecule has 110 valence electrons. The summed E-state index contributed by atoms with van der Waals surface area (Å²) in [7, 11) is 0. The van der Waals surface area contributed by atoms with Crippen molar-refractivity contribution in [2.45, 2.75) is 39.2 Å². The molecule has 1 saturated heterocycles. The Morgan fingerprint density at radius 2 is 2.15 bits per heavy atom. The summed E-state index contributed by atoms with van der Waals surface area (Å²) in [5, 5.41) is 8.82. The quantitative estimate of drug-likeness (QED) is 0.888. The lowest BCUT2D eigenvalue weighted by molar-refractivity contribution is -0.138. The third-order valence-electron chi connectivity index (χ3n) is 3.36. The fourth-order valence-corrected chi connectivity index (χ4v) is 2.40. The molecule has 0 aliphatic carbocycles. The predicted molar refractivity (Wildman–Crippen MR) is 75.0 cm³/mol. The normalized spacial score (nSPS) is 16.4. The van der Waals surface area contributed by atoms with Gasteiger partial charge in [0.25, 0.3) is 0 Å². The highest BCUT2D eigenvalue weighted by molar-refractivity contribution is 5.67. The minimum atomic E-state index is -0.712. The van der Waals surface area contributed by atoms with Crippen molar-refractivity contribution in [2.75, 3.05) is 18.0 Å². The summed E-state index contributed by atoms with van der Waals surface area (Å²) in [6, 6.07) is 0. The molecule has 20 heavy (non-hydrogen) atoms.